The van der Waals surface area contributed by atoms with Crippen LogP contribution in [0.1, 0.15) is 31.1 Å². The molecule has 5 atom stereocenters. The molecule has 1 fully saturated rings. The predicted octanol–water partition coefficient (Wildman–Crippen LogP) is 0.997. The number of carbonyl (C=O) groups is 3. The SMILES string of the molecule is O=C(O[C@H]1[C@@H]2OC(=O)c3cc(O)c(O)c(O)c3-c3c(O)c(O)c4oc(=O)c5c(c(O)c(O)c6oc(=O)c3c4c65)-c3c(cc(O)c(O)c3O)C(=O)OC[C@H]2OC(O)[C@@H]1O)c1cc(O)c(O)c(O)c1. The van der Waals surface area contributed by atoms with Crippen LogP contribution in [0.4, 0.5) is 0 Å². The van der Waals surface area contributed by atoms with Crippen LogP contribution >= 0.6 is 0 Å². The van der Waals surface area contributed by atoms with E-state index in [2.05, 4.69) is 0 Å². The number of phenols is 13. The van der Waals surface area contributed by atoms with Gasteiger partial charge in [-0.2, -0.15) is 0 Å². The van der Waals surface area contributed by atoms with Crippen LogP contribution in [0.25, 0.3) is 55.0 Å². The van der Waals surface area contributed by atoms with Crippen LogP contribution in [-0.2, 0) is 18.9 Å². The van der Waals surface area contributed by atoms with Crippen LogP contribution in [0.3, 0.4) is 0 Å². The van der Waals surface area contributed by atoms with Crippen molar-refractivity contribution in [2.45, 2.75) is 30.7 Å². The maximum atomic E-state index is 14.5. The molecule has 0 aliphatic carbocycles. The average Bonchev–Trinajstić information content (AvgIpc) is 3.28. The molecule has 67 heavy (non-hydrogen) atoms. The Kier molecular flexibility index (Phi) is 9.39. The Morgan fingerprint density at radius 2 is 0.955 bits per heavy atom. The number of carbonyl (C=O) groups excluding carboxylic acids is 3. The van der Waals surface area contributed by atoms with Crippen molar-refractivity contribution >= 4 is 50.6 Å². The third-order valence-electron chi connectivity index (χ3n) is 11.1. The Bertz CT molecular complexity index is 3470. The van der Waals surface area contributed by atoms with E-state index in [4.69, 9.17) is 27.8 Å². The Labute approximate surface area is 365 Å². The van der Waals surface area contributed by atoms with Crippen LogP contribution in [0, 0.1) is 0 Å². The maximum absolute atomic E-state index is 14.5. The standard InChI is InChI=1S/C41H26O26/c42-9-1-6(2-10(43)22(9)46)36(56)67-35-31(55)41(61)63-13-5-62-37(57)7-3-11(44)23(47)25(49)14(7)16-20-18-19-21(40(60)66-33(18)29(53)27(16)51)17(28(52)30(54)34(19)65-39(20)59)15-8(38(58)64-32(13)35)4-12(45)24(48)26(15)50/h1-4,13,31-32,35,41-55,61H,5H2/t13-,31-,32-,35-,41?/m1/s1. The number of aliphatic hydroxyl groups is 2. The number of hydrogen-bond donors (Lipinski definition) is 15. The second-order valence-corrected chi connectivity index (χ2v) is 14.9. The lowest BCUT2D eigenvalue weighted by Crippen LogP contribution is -2.61. The van der Waals surface area contributed by atoms with Gasteiger partial charge in [-0.15, -0.1) is 0 Å². The van der Waals surface area contributed by atoms with Gasteiger partial charge in [0.25, 0.3) is 0 Å². The molecule has 346 valence electrons. The highest BCUT2D eigenvalue weighted by molar-refractivity contribution is 6.29. The number of aromatic hydroxyl groups is 13. The third kappa shape index (κ3) is 6.04. The second kappa shape index (κ2) is 14.6. The van der Waals surface area contributed by atoms with Gasteiger partial charge in [0.05, 0.1) is 27.5 Å². The molecule has 6 bridgehead atoms. The van der Waals surface area contributed by atoms with Gasteiger partial charge in [-0.05, 0) is 24.3 Å². The molecule has 7 aromatic rings. The number of rotatable bonds is 2. The van der Waals surface area contributed by atoms with E-state index in [1.807, 2.05) is 0 Å². The first-order chi connectivity index (χ1) is 31.5. The minimum Gasteiger partial charge on any atom is -0.504 e. The Hall–Kier alpha value is -9.27. The summed E-state index contributed by atoms with van der Waals surface area (Å²) < 4.78 is 32.2. The summed E-state index contributed by atoms with van der Waals surface area (Å²) in [4.78, 5) is 70.2. The minimum absolute atomic E-state index is 0.352. The molecule has 26 nitrogen and oxygen atoms in total. The van der Waals surface area contributed by atoms with Crippen molar-refractivity contribution in [1.29, 1.82) is 0 Å². The fourth-order valence-corrected chi connectivity index (χ4v) is 8.03. The van der Waals surface area contributed by atoms with Crippen molar-refractivity contribution in [2.75, 3.05) is 6.61 Å². The first-order valence-electron chi connectivity index (χ1n) is 18.7. The van der Waals surface area contributed by atoms with Crippen molar-refractivity contribution in [2.24, 2.45) is 0 Å². The van der Waals surface area contributed by atoms with Crippen LogP contribution < -0.4 is 11.3 Å². The third-order valence-corrected chi connectivity index (χ3v) is 11.1. The molecule has 26 heteroatoms. The first kappa shape index (κ1) is 43.0. The number of phenolic OH excluding ortho intramolecular Hbond substituents is 13. The highest BCUT2D eigenvalue weighted by atomic mass is 16.7. The summed E-state index contributed by atoms with van der Waals surface area (Å²) in [6.07, 6.45) is -11.9. The molecule has 15 N–H and O–H groups in total. The summed E-state index contributed by atoms with van der Waals surface area (Å²) in [5.41, 5.74) is -13.4. The van der Waals surface area contributed by atoms with Crippen molar-refractivity contribution in [3.63, 3.8) is 0 Å². The van der Waals surface area contributed by atoms with E-state index in [1.54, 1.807) is 0 Å². The summed E-state index contributed by atoms with van der Waals surface area (Å²) in [6.45, 7) is -1.32. The molecule has 1 unspecified atom stereocenters. The normalized spacial score (nSPS) is 19.6. The van der Waals surface area contributed by atoms with Crippen molar-refractivity contribution in [1.82, 2.24) is 0 Å². The smallest absolute Gasteiger partial charge is 0.345 e. The van der Waals surface area contributed by atoms with E-state index in [1.165, 1.54) is 0 Å². The monoisotopic (exact) mass is 934 g/mol. The van der Waals surface area contributed by atoms with Crippen LogP contribution in [0.2, 0.25) is 0 Å². The summed E-state index contributed by atoms with van der Waals surface area (Å²) in [5.74, 6) is -23.1. The number of ether oxygens (including phenoxy) is 4. The summed E-state index contributed by atoms with van der Waals surface area (Å²) >= 11 is 0. The number of cyclic esters (lactones) is 1. The lowest BCUT2D eigenvalue weighted by atomic mass is 9.88. The Morgan fingerprint density at radius 3 is 1.43 bits per heavy atom. The minimum atomic E-state index is -2.47. The van der Waals surface area contributed by atoms with Crippen LogP contribution in [-0.4, -0.2) is 132 Å². The van der Waals surface area contributed by atoms with Crippen LogP contribution in [0.15, 0.2) is 42.7 Å². The highest BCUT2D eigenvalue weighted by Gasteiger charge is 2.51. The molecule has 0 saturated carbocycles. The molecule has 2 aliphatic rings. The van der Waals surface area contributed by atoms with E-state index >= 15 is 0 Å². The van der Waals surface area contributed by atoms with Gasteiger partial charge in [-0.25, -0.2) is 24.0 Å². The van der Waals surface area contributed by atoms with Crippen molar-refractivity contribution in [3.8, 4) is 97.0 Å². The van der Waals surface area contributed by atoms with Crippen molar-refractivity contribution < 1.29 is 119 Å². The molecular formula is C41H26O26. The summed E-state index contributed by atoms with van der Waals surface area (Å²) in [6, 6.07) is 1.89. The van der Waals surface area contributed by atoms with Gasteiger partial charge >= 0.3 is 29.2 Å². The zero-order chi connectivity index (χ0) is 48.6. The Balaban J connectivity index is 1.39. The van der Waals surface area contributed by atoms with Gasteiger partial charge in [-0.1, -0.05) is 0 Å². The van der Waals surface area contributed by atoms with Gasteiger partial charge in [0, 0.05) is 33.0 Å². The molecule has 0 amide bonds. The van der Waals surface area contributed by atoms with E-state index in [0.29, 0.717) is 24.3 Å². The molecule has 2 aromatic heterocycles. The first-order valence-corrected chi connectivity index (χ1v) is 18.7. The van der Waals surface area contributed by atoms with Crippen LogP contribution in [0.5, 0.6) is 74.7 Å². The molecule has 4 heterocycles. The number of fused-ring (bicyclic) bond motifs is 5. The molecule has 0 spiro atoms. The molecule has 2 aliphatic heterocycles. The van der Waals surface area contributed by atoms with Gasteiger partial charge in [0.1, 0.15) is 18.8 Å². The van der Waals surface area contributed by atoms with Gasteiger partial charge in [0.15, 0.2) is 81.4 Å². The van der Waals surface area contributed by atoms with Crippen molar-refractivity contribution in [3.05, 3.63) is 61.8 Å². The number of benzene rings is 5. The molecule has 9 rings (SSSR count). The van der Waals surface area contributed by atoms with Gasteiger partial charge in [0.2, 0.25) is 23.0 Å². The molecule has 5 aromatic carbocycles. The zero-order valence-corrected chi connectivity index (χ0v) is 32.6. The van der Waals surface area contributed by atoms with E-state index in [9.17, 15) is 101 Å². The summed E-state index contributed by atoms with van der Waals surface area (Å²) in [7, 11) is 0. The maximum Gasteiger partial charge on any atom is 0.345 e. The quantitative estimate of drug-likeness (QED) is 0.0378. The summed E-state index contributed by atoms with van der Waals surface area (Å²) in [5, 5.41) is 159. The largest absolute Gasteiger partial charge is 0.504 e. The average molecular weight is 935 g/mol. The molecule has 1 saturated heterocycles. The number of aliphatic hydroxyl groups excluding tert-OH is 2. The van der Waals surface area contributed by atoms with Gasteiger partial charge < -0.3 is 104 Å². The lowest BCUT2D eigenvalue weighted by Gasteiger charge is -2.41. The van der Waals surface area contributed by atoms with E-state index < -0.39 is 213 Å². The van der Waals surface area contributed by atoms with E-state index in [-0.39, 0.29) is 0 Å². The zero-order valence-electron chi connectivity index (χ0n) is 32.6. The number of hydrogen-bond acceptors (Lipinski definition) is 26. The fourth-order valence-electron chi connectivity index (χ4n) is 8.03. The topological polar surface area (TPSA) is 452 Å². The lowest BCUT2D eigenvalue weighted by molar-refractivity contribution is -0.285. The second-order valence-electron chi connectivity index (χ2n) is 14.9. The molecular weight excluding hydrogens is 908 g/mol. The van der Waals surface area contributed by atoms with E-state index in [0.717, 1.165) is 0 Å². The highest BCUT2D eigenvalue weighted by Crippen LogP contribution is 2.58. The Morgan fingerprint density at radius 1 is 0.522 bits per heavy atom. The van der Waals surface area contributed by atoms with Gasteiger partial charge in [-0.3, -0.25) is 0 Å². The number of esters is 3. The fraction of sp³-hybridized carbons (Fsp3) is 0.146. The predicted molar refractivity (Wildman–Crippen MR) is 212 cm³/mol. The molecule has 0 radical (unpaired) electrons.